The molecule has 0 aliphatic carbocycles. The summed E-state index contributed by atoms with van der Waals surface area (Å²) < 4.78 is 1.91. The van der Waals surface area contributed by atoms with Gasteiger partial charge in [-0.3, -0.25) is 9.78 Å². The Morgan fingerprint density at radius 2 is 2.08 bits per heavy atom. The van der Waals surface area contributed by atoms with Crippen molar-refractivity contribution in [1.82, 2.24) is 14.5 Å². The Bertz CT molecular complexity index is 998. The molecule has 132 valence electrons. The maximum absolute atomic E-state index is 13.3. The summed E-state index contributed by atoms with van der Waals surface area (Å²) in [4.78, 5) is 19.8. The summed E-state index contributed by atoms with van der Waals surface area (Å²) in [5.74, 6) is 0. The van der Waals surface area contributed by atoms with Crippen molar-refractivity contribution in [2.75, 3.05) is 13.6 Å². The summed E-state index contributed by atoms with van der Waals surface area (Å²) in [6.45, 7) is 2.33. The second-order valence-corrected chi connectivity index (χ2v) is 7.22. The van der Waals surface area contributed by atoms with Gasteiger partial charge in [0.15, 0.2) is 0 Å². The number of fused-ring (bicyclic) bond motifs is 1. The maximum atomic E-state index is 13.3. The van der Waals surface area contributed by atoms with Gasteiger partial charge in [-0.1, -0.05) is 29.8 Å². The van der Waals surface area contributed by atoms with E-state index in [0.29, 0.717) is 17.1 Å². The number of halogens is 1. The molecule has 3 heterocycles. The Labute approximate surface area is 157 Å². The first-order valence-corrected chi connectivity index (χ1v) is 9.08. The van der Waals surface area contributed by atoms with Crippen molar-refractivity contribution in [1.29, 1.82) is 0 Å². The molecule has 0 spiro atoms. The molecule has 0 atom stereocenters. The van der Waals surface area contributed by atoms with E-state index in [1.54, 1.807) is 6.20 Å². The fraction of sp³-hybridized carbons (Fsp3) is 0.238. The first-order chi connectivity index (χ1) is 12.6. The van der Waals surface area contributed by atoms with Crippen molar-refractivity contribution in [3.8, 4) is 11.1 Å². The van der Waals surface area contributed by atoms with E-state index in [1.165, 1.54) is 5.56 Å². The number of pyridine rings is 2. The lowest BCUT2D eigenvalue weighted by molar-refractivity contribution is 0.305. The average molecular weight is 366 g/mol. The molecule has 5 heteroatoms. The van der Waals surface area contributed by atoms with Crippen molar-refractivity contribution < 1.29 is 0 Å². The van der Waals surface area contributed by atoms with Gasteiger partial charge in [0, 0.05) is 48.2 Å². The van der Waals surface area contributed by atoms with Crippen molar-refractivity contribution in [2.45, 2.75) is 19.5 Å². The zero-order valence-corrected chi connectivity index (χ0v) is 15.4. The minimum Gasteiger partial charge on any atom is -0.307 e. The van der Waals surface area contributed by atoms with Gasteiger partial charge < -0.3 is 9.47 Å². The quantitative estimate of drug-likeness (QED) is 0.711. The first kappa shape index (κ1) is 17.0. The lowest BCUT2D eigenvalue weighted by Crippen LogP contribution is -2.34. The van der Waals surface area contributed by atoms with Gasteiger partial charge in [-0.05, 0) is 48.0 Å². The van der Waals surface area contributed by atoms with Gasteiger partial charge in [0.05, 0.1) is 6.54 Å². The average Bonchev–Trinajstić information content (AvgIpc) is 2.64. The number of hydrogen-bond donors (Lipinski definition) is 0. The summed E-state index contributed by atoms with van der Waals surface area (Å²) in [6.07, 6.45) is 4.44. The number of rotatable bonds is 3. The lowest BCUT2D eigenvalue weighted by Gasteiger charge is -2.28. The van der Waals surface area contributed by atoms with E-state index in [-0.39, 0.29) is 5.56 Å². The van der Waals surface area contributed by atoms with Crippen LogP contribution in [0.25, 0.3) is 11.1 Å². The molecule has 0 unspecified atom stereocenters. The highest BCUT2D eigenvalue weighted by Gasteiger charge is 2.21. The van der Waals surface area contributed by atoms with Gasteiger partial charge in [0.2, 0.25) is 0 Å². The third-order valence-electron chi connectivity index (χ3n) is 4.86. The van der Waals surface area contributed by atoms with Crippen molar-refractivity contribution in [3.05, 3.63) is 87.1 Å². The molecular weight excluding hydrogens is 346 g/mol. The van der Waals surface area contributed by atoms with Gasteiger partial charge in [0.25, 0.3) is 5.56 Å². The highest BCUT2D eigenvalue weighted by molar-refractivity contribution is 6.30. The fourth-order valence-corrected chi connectivity index (χ4v) is 3.75. The number of nitrogens with zero attached hydrogens (tertiary/aromatic N) is 3. The monoisotopic (exact) mass is 365 g/mol. The Hall–Kier alpha value is -2.43. The largest absolute Gasteiger partial charge is 0.307 e. The molecule has 0 N–H and O–H groups in total. The van der Waals surface area contributed by atoms with E-state index in [4.69, 9.17) is 11.6 Å². The second kappa shape index (κ2) is 7.06. The standard InChI is InChI=1S/C21H20ClN3O/c1-24-9-7-20-17(14-24)11-19(16-5-2-6-18(22)10-16)21(26)25(20)13-15-4-3-8-23-12-15/h2-6,8,10-12H,7,9,13-14H2,1H3. The molecule has 0 amide bonds. The highest BCUT2D eigenvalue weighted by Crippen LogP contribution is 2.25. The zero-order valence-electron chi connectivity index (χ0n) is 14.7. The van der Waals surface area contributed by atoms with Gasteiger partial charge in [0.1, 0.15) is 0 Å². The van der Waals surface area contributed by atoms with Crippen molar-refractivity contribution >= 4 is 11.6 Å². The second-order valence-electron chi connectivity index (χ2n) is 6.78. The molecule has 26 heavy (non-hydrogen) atoms. The first-order valence-electron chi connectivity index (χ1n) is 8.71. The number of likely N-dealkylation sites (N-methyl/N-ethyl adjacent to an activating group) is 1. The van der Waals surface area contributed by atoms with Crippen LogP contribution in [-0.2, 0) is 19.5 Å². The fourth-order valence-electron chi connectivity index (χ4n) is 3.56. The molecule has 0 saturated carbocycles. The van der Waals surface area contributed by atoms with Gasteiger partial charge >= 0.3 is 0 Å². The molecule has 1 aromatic carbocycles. The van der Waals surface area contributed by atoms with E-state index >= 15 is 0 Å². The van der Waals surface area contributed by atoms with Gasteiger partial charge in [-0.15, -0.1) is 0 Å². The molecule has 1 aliphatic heterocycles. The van der Waals surface area contributed by atoms with E-state index in [2.05, 4.69) is 16.9 Å². The number of benzene rings is 1. The minimum atomic E-state index is 0.0272. The predicted molar refractivity (Wildman–Crippen MR) is 105 cm³/mol. The molecule has 0 bridgehead atoms. The summed E-state index contributed by atoms with van der Waals surface area (Å²) >= 11 is 6.16. The van der Waals surface area contributed by atoms with Gasteiger partial charge in [-0.2, -0.15) is 0 Å². The molecule has 0 radical (unpaired) electrons. The van der Waals surface area contributed by atoms with E-state index < -0.39 is 0 Å². The Morgan fingerprint density at radius 3 is 2.85 bits per heavy atom. The minimum absolute atomic E-state index is 0.0272. The third kappa shape index (κ3) is 3.30. The molecule has 1 aliphatic rings. The summed E-state index contributed by atoms with van der Waals surface area (Å²) in [5.41, 5.74) is 4.95. The van der Waals surface area contributed by atoms with Gasteiger partial charge in [-0.25, -0.2) is 0 Å². The smallest absolute Gasteiger partial charge is 0.258 e. The van der Waals surface area contributed by atoms with Crippen LogP contribution in [0.2, 0.25) is 5.02 Å². The lowest BCUT2D eigenvalue weighted by atomic mass is 9.99. The van der Waals surface area contributed by atoms with Crippen LogP contribution >= 0.6 is 11.6 Å². The summed E-state index contributed by atoms with van der Waals surface area (Å²) in [5, 5.41) is 0.635. The van der Waals surface area contributed by atoms with Crippen LogP contribution in [0.5, 0.6) is 0 Å². The maximum Gasteiger partial charge on any atom is 0.258 e. The Balaban J connectivity index is 1.90. The summed E-state index contributed by atoms with van der Waals surface area (Å²) in [7, 11) is 2.11. The Kier molecular flexibility index (Phi) is 4.62. The molecule has 0 fully saturated rings. The molecule has 4 rings (SSSR count). The van der Waals surface area contributed by atoms with E-state index in [1.807, 2.05) is 53.2 Å². The van der Waals surface area contributed by atoms with Crippen LogP contribution in [0.3, 0.4) is 0 Å². The van der Waals surface area contributed by atoms with E-state index in [0.717, 1.165) is 36.3 Å². The van der Waals surface area contributed by atoms with Crippen LogP contribution in [-0.4, -0.2) is 28.0 Å². The molecule has 3 aromatic rings. The number of aromatic nitrogens is 2. The highest BCUT2D eigenvalue weighted by atomic mass is 35.5. The Morgan fingerprint density at radius 1 is 1.19 bits per heavy atom. The van der Waals surface area contributed by atoms with Crippen LogP contribution in [0.15, 0.2) is 59.7 Å². The third-order valence-corrected chi connectivity index (χ3v) is 5.10. The molecule has 4 nitrogen and oxygen atoms in total. The van der Waals surface area contributed by atoms with Crippen molar-refractivity contribution in [3.63, 3.8) is 0 Å². The van der Waals surface area contributed by atoms with Crippen LogP contribution in [0.1, 0.15) is 16.8 Å². The zero-order chi connectivity index (χ0) is 18.1. The normalized spacial score (nSPS) is 14.2. The topological polar surface area (TPSA) is 38.1 Å². The van der Waals surface area contributed by atoms with Crippen molar-refractivity contribution in [2.24, 2.45) is 0 Å². The molecule has 0 saturated heterocycles. The van der Waals surface area contributed by atoms with Crippen LogP contribution in [0, 0.1) is 0 Å². The molecular formula is C21H20ClN3O. The van der Waals surface area contributed by atoms with Crippen LogP contribution in [0.4, 0.5) is 0 Å². The van der Waals surface area contributed by atoms with E-state index in [9.17, 15) is 4.79 Å². The molecule has 2 aromatic heterocycles. The SMILES string of the molecule is CN1CCc2c(cc(-c3cccc(Cl)c3)c(=O)n2Cc2cccnc2)C1. The number of hydrogen-bond acceptors (Lipinski definition) is 3. The van der Waals surface area contributed by atoms with Crippen LogP contribution < -0.4 is 5.56 Å². The summed E-state index contributed by atoms with van der Waals surface area (Å²) in [6, 6.07) is 13.5. The predicted octanol–water partition coefficient (Wildman–Crippen LogP) is 3.60.